The molecule has 0 aliphatic carbocycles. The molecule has 4 aromatic rings. The second kappa shape index (κ2) is 9.51. The lowest BCUT2D eigenvalue weighted by Crippen LogP contribution is -2.16. The van der Waals surface area contributed by atoms with Gasteiger partial charge >= 0.3 is 5.69 Å². The molecule has 3 heterocycles. The van der Waals surface area contributed by atoms with Crippen molar-refractivity contribution in [3.8, 4) is 0 Å². The lowest BCUT2D eigenvalue weighted by Gasteiger charge is -2.08. The van der Waals surface area contributed by atoms with Crippen LogP contribution >= 0.6 is 23.2 Å². The highest BCUT2D eigenvalue weighted by atomic mass is 35.5. The Labute approximate surface area is 210 Å². The van der Waals surface area contributed by atoms with Crippen LogP contribution in [0.1, 0.15) is 38.8 Å². The lowest BCUT2D eigenvalue weighted by molar-refractivity contribution is -0.386. The maximum absolute atomic E-state index is 12.9. The first kappa shape index (κ1) is 24.4. The maximum atomic E-state index is 12.9. The van der Waals surface area contributed by atoms with E-state index in [0.29, 0.717) is 39.4 Å². The van der Waals surface area contributed by atoms with Crippen molar-refractivity contribution in [2.24, 2.45) is 0 Å². The van der Waals surface area contributed by atoms with Gasteiger partial charge in [0.1, 0.15) is 18.1 Å². The van der Waals surface area contributed by atoms with Crippen molar-refractivity contribution in [1.29, 1.82) is 0 Å². The Kier molecular flexibility index (Phi) is 6.64. The molecule has 0 saturated carbocycles. The molecule has 0 saturated heterocycles. The monoisotopic (exact) mass is 516 g/mol. The Balaban J connectivity index is 1.49. The number of anilines is 1. The molecular formula is C22H22Cl2N8O3. The van der Waals surface area contributed by atoms with Crippen LogP contribution in [0.15, 0.2) is 30.5 Å². The molecular weight excluding hydrogens is 495 g/mol. The van der Waals surface area contributed by atoms with E-state index >= 15 is 0 Å². The zero-order valence-corrected chi connectivity index (χ0v) is 20.9. The van der Waals surface area contributed by atoms with Gasteiger partial charge in [0, 0.05) is 16.2 Å². The second-order valence-electron chi connectivity index (χ2n) is 8.05. The van der Waals surface area contributed by atoms with E-state index in [1.165, 1.54) is 9.36 Å². The van der Waals surface area contributed by atoms with Crippen molar-refractivity contribution >= 4 is 40.5 Å². The number of aryl methyl sites for hydroxylation is 2. The number of hydrogen-bond donors (Lipinski definition) is 1. The minimum absolute atomic E-state index is 0.0297. The van der Waals surface area contributed by atoms with E-state index in [1.807, 2.05) is 13.0 Å². The first-order chi connectivity index (χ1) is 16.5. The van der Waals surface area contributed by atoms with Crippen molar-refractivity contribution in [3.05, 3.63) is 84.7 Å². The summed E-state index contributed by atoms with van der Waals surface area (Å²) in [5, 5.41) is 28.2. The van der Waals surface area contributed by atoms with Crippen LogP contribution in [0, 0.1) is 37.8 Å². The van der Waals surface area contributed by atoms with E-state index in [9.17, 15) is 14.9 Å². The highest BCUT2D eigenvalue weighted by molar-refractivity contribution is 6.35. The molecule has 11 nitrogen and oxygen atoms in total. The van der Waals surface area contributed by atoms with E-state index in [-0.39, 0.29) is 18.1 Å². The molecule has 0 aliphatic rings. The highest BCUT2D eigenvalue weighted by Crippen LogP contribution is 2.25. The summed E-state index contributed by atoms with van der Waals surface area (Å²) in [6, 6.07) is 6.84. The van der Waals surface area contributed by atoms with Crippen LogP contribution in [-0.4, -0.2) is 40.2 Å². The van der Waals surface area contributed by atoms with E-state index in [1.54, 1.807) is 49.8 Å². The summed E-state index contributed by atoms with van der Waals surface area (Å²) in [4.78, 5) is 23.7. The van der Waals surface area contributed by atoms with Crippen molar-refractivity contribution in [2.75, 3.05) is 5.32 Å². The van der Waals surface area contributed by atoms with Crippen LogP contribution in [0.3, 0.4) is 0 Å². The van der Waals surface area contributed by atoms with E-state index in [0.717, 1.165) is 11.3 Å². The van der Waals surface area contributed by atoms with E-state index in [2.05, 4.69) is 20.6 Å². The predicted molar refractivity (Wildman–Crippen MR) is 131 cm³/mol. The van der Waals surface area contributed by atoms with Crippen LogP contribution in [0.4, 0.5) is 11.4 Å². The van der Waals surface area contributed by atoms with E-state index in [4.69, 9.17) is 23.2 Å². The molecule has 0 atom stereocenters. The molecule has 0 spiro atoms. The van der Waals surface area contributed by atoms with Gasteiger partial charge in [-0.15, -0.1) is 0 Å². The fourth-order valence-corrected chi connectivity index (χ4v) is 4.28. The van der Waals surface area contributed by atoms with Crippen molar-refractivity contribution in [2.45, 2.75) is 40.9 Å². The van der Waals surface area contributed by atoms with Gasteiger partial charge in [-0.25, -0.2) is 4.68 Å². The summed E-state index contributed by atoms with van der Waals surface area (Å²) in [5.74, 6) is -0.404. The van der Waals surface area contributed by atoms with Gasteiger partial charge in [0.25, 0.3) is 5.91 Å². The molecule has 13 heteroatoms. The number of benzene rings is 1. The van der Waals surface area contributed by atoms with Crippen molar-refractivity contribution < 1.29 is 9.72 Å². The molecule has 0 fully saturated rings. The topological polar surface area (TPSA) is 126 Å². The van der Waals surface area contributed by atoms with Crippen LogP contribution in [0.5, 0.6) is 0 Å². The number of nitrogens with one attached hydrogen (secondary N) is 1. The van der Waals surface area contributed by atoms with Gasteiger partial charge in [-0.2, -0.15) is 15.3 Å². The Bertz CT molecular complexity index is 1450. The smallest absolute Gasteiger partial charge is 0.312 e. The molecule has 182 valence electrons. The third-order valence-electron chi connectivity index (χ3n) is 5.63. The number of hydrogen-bond acceptors (Lipinski definition) is 6. The number of aromatic nitrogens is 6. The molecule has 0 aliphatic heterocycles. The first-order valence-corrected chi connectivity index (χ1v) is 11.3. The summed E-state index contributed by atoms with van der Waals surface area (Å²) >= 11 is 12.3. The van der Waals surface area contributed by atoms with Crippen LogP contribution < -0.4 is 5.32 Å². The molecule has 4 rings (SSSR count). The van der Waals surface area contributed by atoms with Gasteiger partial charge < -0.3 is 5.32 Å². The number of amides is 1. The summed E-state index contributed by atoms with van der Waals surface area (Å²) in [5.41, 5.74) is 3.73. The fourth-order valence-electron chi connectivity index (χ4n) is 3.81. The number of carbonyl (C=O) groups is 1. The quantitative estimate of drug-likeness (QED) is 0.284. The van der Waals surface area contributed by atoms with Gasteiger partial charge in [-0.05, 0) is 51.5 Å². The molecule has 1 N–H and O–H groups in total. The molecule has 0 radical (unpaired) electrons. The summed E-state index contributed by atoms with van der Waals surface area (Å²) < 4.78 is 4.72. The Morgan fingerprint density at radius 2 is 1.74 bits per heavy atom. The van der Waals surface area contributed by atoms with Crippen molar-refractivity contribution in [3.63, 3.8) is 0 Å². The minimum atomic E-state index is -0.456. The SMILES string of the molecule is Cc1nn(Cc2ccc(Cl)cc2Cl)c(C)c1NC(=O)c1ccn(Cn2nc(C)c([N+](=O)[O-])c2C)n1. The fraction of sp³-hybridized carbons (Fsp3) is 0.273. The number of halogens is 2. The number of nitro groups is 1. The summed E-state index contributed by atoms with van der Waals surface area (Å²) in [7, 11) is 0. The average Bonchev–Trinajstić information content (AvgIpc) is 3.43. The maximum Gasteiger partial charge on any atom is 0.312 e. The zero-order valence-electron chi connectivity index (χ0n) is 19.4. The molecule has 0 unspecified atom stereocenters. The Morgan fingerprint density at radius 1 is 1.03 bits per heavy atom. The third-order valence-corrected chi connectivity index (χ3v) is 6.22. The van der Waals surface area contributed by atoms with Gasteiger partial charge in [-0.3, -0.25) is 24.3 Å². The van der Waals surface area contributed by atoms with E-state index < -0.39 is 10.8 Å². The standard InChI is InChI=1S/C22H22Cl2N8O3/c1-12-20(14(3)30(26-12)10-16-5-6-17(23)9-18(16)24)25-22(33)19-7-8-29(28-19)11-31-15(4)21(32(34)35)13(2)27-31/h5-9H,10-11H2,1-4H3,(H,25,33). The Hall–Kier alpha value is -3.70. The second-order valence-corrected chi connectivity index (χ2v) is 8.89. The molecule has 1 amide bonds. The predicted octanol–water partition coefficient (Wildman–Crippen LogP) is 4.53. The van der Waals surface area contributed by atoms with Gasteiger partial charge in [0.2, 0.25) is 0 Å². The first-order valence-electron chi connectivity index (χ1n) is 10.6. The van der Waals surface area contributed by atoms with Crippen LogP contribution in [-0.2, 0) is 13.2 Å². The molecule has 0 bridgehead atoms. The highest BCUT2D eigenvalue weighted by Gasteiger charge is 2.22. The van der Waals surface area contributed by atoms with Gasteiger partial charge in [0.15, 0.2) is 5.69 Å². The summed E-state index contributed by atoms with van der Waals surface area (Å²) in [6.45, 7) is 7.41. The number of rotatable bonds is 7. The minimum Gasteiger partial charge on any atom is -0.317 e. The number of carbonyl (C=O) groups excluding carboxylic acids is 1. The summed E-state index contributed by atoms with van der Waals surface area (Å²) in [6.07, 6.45) is 1.61. The van der Waals surface area contributed by atoms with Gasteiger partial charge in [0.05, 0.1) is 28.5 Å². The normalized spacial score (nSPS) is 11.1. The van der Waals surface area contributed by atoms with Crippen LogP contribution in [0.2, 0.25) is 10.0 Å². The van der Waals surface area contributed by atoms with Crippen molar-refractivity contribution in [1.82, 2.24) is 29.3 Å². The average molecular weight is 517 g/mol. The Morgan fingerprint density at radius 3 is 2.40 bits per heavy atom. The lowest BCUT2D eigenvalue weighted by atomic mass is 10.2. The molecule has 35 heavy (non-hydrogen) atoms. The third kappa shape index (κ3) is 4.91. The number of nitrogens with zero attached hydrogens (tertiary/aromatic N) is 7. The van der Waals surface area contributed by atoms with Crippen LogP contribution in [0.25, 0.3) is 0 Å². The molecule has 1 aromatic carbocycles. The molecule has 3 aromatic heterocycles. The van der Waals surface area contributed by atoms with Gasteiger partial charge in [-0.1, -0.05) is 29.3 Å². The largest absolute Gasteiger partial charge is 0.317 e. The zero-order chi connectivity index (χ0) is 25.4.